The number of amides is 1. The normalized spacial score (nSPS) is 12.3. The Labute approximate surface area is 154 Å². The van der Waals surface area contributed by atoms with Crippen molar-refractivity contribution >= 4 is 27.3 Å². The zero-order chi connectivity index (χ0) is 19.3. The van der Waals surface area contributed by atoms with E-state index < -0.39 is 22.0 Å². The second-order valence-electron chi connectivity index (χ2n) is 6.01. The van der Waals surface area contributed by atoms with Crippen molar-refractivity contribution < 1.29 is 17.9 Å². The highest BCUT2D eigenvalue weighted by atomic mass is 32.2. The third-order valence-corrected chi connectivity index (χ3v) is 5.13. The fourth-order valence-corrected chi connectivity index (χ4v) is 3.99. The Kier molecular flexibility index (Phi) is 6.26. The summed E-state index contributed by atoms with van der Waals surface area (Å²) >= 11 is 0. The summed E-state index contributed by atoms with van der Waals surface area (Å²) in [5, 5.41) is 2.78. The Hall–Kier alpha value is -2.54. The van der Waals surface area contributed by atoms with E-state index in [0.29, 0.717) is 23.5 Å². The number of nitrogens with zero attached hydrogens (tertiary/aromatic N) is 1. The zero-order valence-electron chi connectivity index (χ0n) is 15.4. The molecule has 0 aromatic heterocycles. The van der Waals surface area contributed by atoms with Gasteiger partial charge in [-0.2, -0.15) is 0 Å². The molecule has 0 saturated carbocycles. The standard InChI is InChI=1S/C19H24N2O4S/c1-5-17(19(22)20-16-11-6-7-12-18(16)25-3)21(26(4,23)24)15-10-8-9-14(2)13-15/h6-13,17H,5H2,1-4H3,(H,20,22)/t17-/m0/s1. The number of benzene rings is 2. The Morgan fingerprint density at radius 1 is 1.19 bits per heavy atom. The molecule has 0 aliphatic heterocycles. The van der Waals surface area contributed by atoms with Crippen molar-refractivity contribution in [3.63, 3.8) is 0 Å². The summed E-state index contributed by atoms with van der Waals surface area (Å²) in [5.74, 6) is 0.0982. The highest BCUT2D eigenvalue weighted by molar-refractivity contribution is 7.92. The minimum absolute atomic E-state index is 0.321. The molecule has 0 spiro atoms. The minimum atomic E-state index is -3.66. The highest BCUT2D eigenvalue weighted by Gasteiger charge is 2.31. The Balaban J connectivity index is 2.40. The number of ether oxygens (including phenoxy) is 1. The summed E-state index contributed by atoms with van der Waals surface area (Å²) in [6.45, 7) is 3.65. The maximum Gasteiger partial charge on any atom is 0.248 e. The Morgan fingerprint density at radius 2 is 1.88 bits per heavy atom. The van der Waals surface area contributed by atoms with Crippen LogP contribution in [0.25, 0.3) is 0 Å². The molecule has 0 unspecified atom stereocenters. The van der Waals surface area contributed by atoms with E-state index in [4.69, 9.17) is 4.74 Å². The Bertz CT molecular complexity index is 881. The molecule has 7 heteroatoms. The van der Waals surface area contributed by atoms with Crippen molar-refractivity contribution in [3.05, 3.63) is 54.1 Å². The van der Waals surface area contributed by atoms with Crippen LogP contribution >= 0.6 is 0 Å². The number of nitrogens with one attached hydrogen (secondary N) is 1. The van der Waals surface area contributed by atoms with Crippen molar-refractivity contribution in [2.24, 2.45) is 0 Å². The summed E-state index contributed by atoms with van der Waals surface area (Å²) in [6.07, 6.45) is 1.43. The van der Waals surface area contributed by atoms with Crippen LogP contribution in [0.4, 0.5) is 11.4 Å². The molecular weight excluding hydrogens is 352 g/mol. The van der Waals surface area contributed by atoms with Crippen LogP contribution in [0.2, 0.25) is 0 Å². The molecule has 1 amide bonds. The molecule has 2 rings (SSSR count). The molecule has 2 aromatic carbocycles. The van der Waals surface area contributed by atoms with Crippen LogP contribution < -0.4 is 14.4 Å². The number of aryl methyl sites for hydroxylation is 1. The van der Waals surface area contributed by atoms with Crippen molar-refractivity contribution in [3.8, 4) is 5.75 Å². The highest BCUT2D eigenvalue weighted by Crippen LogP contribution is 2.27. The van der Waals surface area contributed by atoms with Crippen LogP contribution in [-0.4, -0.2) is 33.7 Å². The number of carbonyl (C=O) groups excluding carboxylic acids is 1. The van der Waals surface area contributed by atoms with E-state index in [1.165, 1.54) is 11.4 Å². The number of rotatable bonds is 7. The average Bonchev–Trinajstić information content (AvgIpc) is 2.58. The van der Waals surface area contributed by atoms with Crippen LogP contribution in [0.1, 0.15) is 18.9 Å². The minimum Gasteiger partial charge on any atom is -0.495 e. The van der Waals surface area contributed by atoms with E-state index >= 15 is 0 Å². The van der Waals surface area contributed by atoms with Gasteiger partial charge < -0.3 is 10.1 Å². The first-order chi connectivity index (χ1) is 12.3. The van der Waals surface area contributed by atoms with Crippen LogP contribution in [0.5, 0.6) is 5.75 Å². The van der Waals surface area contributed by atoms with Gasteiger partial charge in [0.25, 0.3) is 0 Å². The van der Waals surface area contributed by atoms with E-state index in [2.05, 4.69) is 5.32 Å². The third-order valence-electron chi connectivity index (χ3n) is 3.95. The number of anilines is 2. The van der Waals surface area contributed by atoms with Crippen LogP contribution in [0.15, 0.2) is 48.5 Å². The molecule has 140 valence electrons. The molecule has 0 saturated heterocycles. The van der Waals surface area contributed by atoms with Gasteiger partial charge in [-0.05, 0) is 43.2 Å². The maximum atomic E-state index is 12.9. The van der Waals surface area contributed by atoms with E-state index in [1.807, 2.05) is 13.0 Å². The number of hydrogen-bond donors (Lipinski definition) is 1. The lowest BCUT2D eigenvalue weighted by Crippen LogP contribution is -2.47. The molecule has 2 aromatic rings. The number of sulfonamides is 1. The van der Waals surface area contributed by atoms with Crippen molar-refractivity contribution in [2.45, 2.75) is 26.3 Å². The first kappa shape index (κ1) is 19.8. The van der Waals surface area contributed by atoms with Gasteiger partial charge in [0.1, 0.15) is 11.8 Å². The lowest BCUT2D eigenvalue weighted by molar-refractivity contribution is -0.117. The van der Waals surface area contributed by atoms with Crippen LogP contribution in [0, 0.1) is 6.92 Å². The molecule has 6 nitrogen and oxygen atoms in total. The molecule has 0 aliphatic rings. The summed E-state index contributed by atoms with van der Waals surface area (Å²) in [6, 6.07) is 13.2. The number of methoxy groups -OCH3 is 1. The van der Waals surface area contributed by atoms with Crippen LogP contribution in [-0.2, 0) is 14.8 Å². The summed E-state index contributed by atoms with van der Waals surface area (Å²) < 4.78 is 31.3. The fourth-order valence-electron chi connectivity index (χ4n) is 2.79. The van der Waals surface area contributed by atoms with Crippen molar-refractivity contribution in [1.82, 2.24) is 0 Å². The van der Waals surface area contributed by atoms with E-state index in [0.717, 1.165) is 11.8 Å². The molecule has 0 radical (unpaired) electrons. The zero-order valence-corrected chi connectivity index (χ0v) is 16.2. The maximum absolute atomic E-state index is 12.9. The SMILES string of the molecule is CC[C@@H](C(=O)Nc1ccccc1OC)N(c1cccc(C)c1)S(C)(=O)=O. The van der Waals surface area contributed by atoms with Gasteiger partial charge in [0.15, 0.2) is 0 Å². The Morgan fingerprint density at radius 3 is 2.46 bits per heavy atom. The van der Waals surface area contributed by atoms with Crippen LogP contribution in [0.3, 0.4) is 0 Å². The quantitative estimate of drug-likeness (QED) is 0.805. The van der Waals surface area contributed by atoms with E-state index in [1.54, 1.807) is 49.4 Å². The molecule has 1 atom stereocenters. The monoisotopic (exact) mass is 376 g/mol. The summed E-state index contributed by atoms with van der Waals surface area (Å²) in [5.41, 5.74) is 1.88. The lowest BCUT2D eigenvalue weighted by Gasteiger charge is -2.30. The topological polar surface area (TPSA) is 75.7 Å². The fraction of sp³-hybridized carbons (Fsp3) is 0.316. The van der Waals surface area contributed by atoms with E-state index in [-0.39, 0.29) is 0 Å². The number of hydrogen-bond acceptors (Lipinski definition) is 4. The lowest BCUT2D eigenvalue weighted by atomic mass is 10.1. The first-order valence-corrected chi connectivity index (χ1v) is 10.1. The van der Waals surface area contributed by atoms with Gasteiger partial charge in [-0.1, -0.05) is 31.2 Å². The molecule has 0 heterocycles. The van der Waals surface area contributed by atoms with Crippen molar-refractivity contribution in [2.75, 3.05) is 23.0 Å². The molecule has 0 bridgehead atoms. The van der Waals surface area contributed by atoms with Gasteiger partial charge in [-0.25, -0.2) is 8.42 Å². The number of carbonyl (C=O) groups is 1. The van der Waals surface area contributed by atoms with Gasteiger partial charge >= 0.3 is 0 Å². The van der Waals surface area contributed by atoms with Gasteiger partial charge in [0.05, 0.1) is 24.7 Å². The molecule has 1 N–H and O–H groups in total. The second-order valence-corrected chi connectivity index (χ2v) is 7.87. The van der Waals surface area contributed by atoms with Gasteiger partial charge in [0.2, 0.25) is 15.9 Å². The number of para-hydroxylation sites is 2. The molecule has 0 fully saturated rings. The predicted octanol–water partition coefficient (Wildman–Crippen LogP) is 3.19. The molecular formula is C19H24N2O4S. The van der Waals surface area contributed by atoms with Gasteiger partial charge in [-0.3, -0.25) is 9.10 Å². The first-order valence-electron chi connectivity index (χ1n) is 8.28. The van der Waals surface area contributed by atoms with Gasteiger partial charge in [-0.15, -0.1) is 0 Å². The largest absolute Gasteiger partial charge is 0.495 e. The van der Waals surface area contributed by atoms with E-state index in [9.17, 15) is 13.2 Å². The third kappa shape index (κ3) is 4.54. The summed E-state index contributed by atoms with van der Waals surface area (Å²) in [7, 11) is -2.15. The van der Waals surface area contributed by atoms with Gasteiger partial charge in [0, 0.05) is 0 Å². The second kappa shape index (κ2) is 8.23. The smallest absolute Gasteiger partial charge is 0.248 e. The molecule has 26 heavy (non-hydrogen) atoms. The molecule has 0 aliphatic carbocycles. The predicted molar refractivity (Wildman–Crippen MR) is 104 cm³/mol. The average molecular weight is 376 g/mol. The van der Waals surface area contributed by atoms with Crippen molar-refractivity contribution in [1.29, 1.82) is 0 Å². The summed E-state index contributed by atoms with van der Waals surface area (Å²) in [4.78, 5) is 12.9.